The largest absolute Gasteiger partial charge is 0.387 e. The first-order valence-corrected chi connectivity index (χ1v) is 7.11. The van der Waals surface area contributed by atoms with Crippen LogP contribution < -0.4 is 16.0 Å². The maximum absolute atomic E-state index is 11.9. The Morgan fingerprint density at radius 2 is 2.05 bits per heavy atom. The summed E-state index contributed by atoms with van der Waals surface area (Å²) in [5.41, 5.74) is -0.0940. The van der Waals surface area contributed by atoms with E-state index in [9.17, 15) is 9.90 Å². The highest BCUT2D eigenvalue weighted by molar-refractivity contribution is 5.93. The Balaban J connectivity index is 1.60. The molecule has 2 amide bonds. The molecule has 5 nitrogen and oxygen atoms in total. The van der Waals surface area contributed by atoms with Crippen LogP contribution in [0.25, 0.3) is 10.8 Å². The van der Waals surface area contributed by atoms with Gasteiger partial charge >= 0.3 is 6.03 Å². The fraction of sp³-hybridized carbons (Fsp3) is 0.312. The standard InChI is InChI=1S/C16H19N3O2/c20-15(18-11-16(21)7-8-17-10-16)19-14-6-5-12-3-1-2-4-13(12)9-14/h1-6,9,17,21H,7-8,10-11H2,(H2,18,19,20)/t16-/m0/s1. The fourth-order valence-electron chi connectivity index (χ4n) is 2.57. The third-order valence-corrected chi connectivity index (χ3v) is 3.81. The monoisotopic (exact) mass is 285 g/mol. The van der Waals surface area contributed by atoms with E-state index in [4.69, 9.17) is 0 Å². The van der Waals surface area contributed by atoms with Gasteiger partial charge in [-0.1, -0.05) is 30.3 Å². The molecule has 4 N–H and O–H groups in total. The lowest BCUT2D eigenvalue weighted by Gasteiger charge is -2.21. The molecule has 0 spiro atoms. The Kier molecular flexibility index (Phi) is 3.77. The van der Waals surface area contributed by atoms with Crippen LogP contribution in [-0.4, -0.2) is 36.4 Å². The van der Waals surface area contributed by atoms with E-state index < -0.39 is 5.60 Å². The highest BCUT2D eigenvalue weighted by Crippen LogP contribution is 2.19. The van der Waals surface area contributed by atoms with Gasteiger partial charge < -0.3 is 21.1 Å². The van der Waals surface area contributed by atoms with Crippen LogP contribution in [0.2, 0.25) is 0 Å². The van der Waals surface area contributed by atoms with Gasteiger partial charge in [-0.05, 0) is 35.9 Å². The first-order valence-electron chi connectivity index (χ1n) is 7.11. The first-order chi connectivity index (χ1) is 10.1. The molecule has 0 bridgehead atoms. The van der Waals surface area contributed by atoms with E-state index in [1.54, 1.807) is 0 Å². The second kappa shape index (κ2) is 5.71. The summed E-state index contributed by atoms with van der Waals surface area (Å²) in [6.07, 6.45) is 0.656. The maximum Gasteiger partial charge on any atom is 0.319 e. The summed E-state index contributed by atoms with van der Waals surface area (Å²) in [6, 6.07) is 13.5. The molecule has 0 saturated carbocycles. The SMILES string of the molecule is O=C(NC[C@]1(O)CCNC1)Nc1ccc2ccccc2c1. The van der Waals surface area contributed by atoms with Crippen molar-refractivity contribution in [2.24, 2.45) is 0 Å². The molecule has 2 aromatic carbocycles. The number of β-amino-alcohol motifs (C(OH)–C–C–N with tert-alkyl or cyclic N) is 1. The van der Waals surface area contributed by atoms with Crippen molar-refractivity contribution in [3.05, 3.63) is 42.5 Å². The van der Waals surface area contributed by atoms with Crippen molar-refractivity contribution >= 4 is 22.5 Å². The quantitative estimate of drug-likeness (QED) is 0.693. The Morgan fingerprint density at radius 3 is 2.81 bits per heavy atom. The number of rotatable bonds is 3. The zero-order chi connectivity index (χ0) is 14.7. The van der Waals surface area contributed by atoms with Gasteiger partial charge in [0.25, 0.3) is 0 Å². The highest BCUT2D eigenvalue weighted by Gasteiger charge is 2.31. The van der Waals surface area contributed by atoms with Crippen molar-refractivity contribution in [2.45, 2.75) is 12.0 Å². The zero-order valence-corrected chi connectivity index (χ0v) is 11.7. The van der Waals surface area contributed by atoms with Crippen molar-refractivity contribution in [2.75, 3.05) is 25.0 Å². The van der Waals surface area contributed by atoms with Crippen LogP contribution in [0.5, 0.6) is 0 Å². The third-order valence-electron chi connectivity index (χ3n) is 3.81. The molecule has 1 atom stereocenters. The molecule has 0 radical (unpaired) electrons. The van der Waals surface area contributed by atoms with Gasteiger partial charge in [0.2, 0.25) is 0 Å². The van der Waals surface area contributed by atoms with Gasteiger partial charge in [0.05, 0.1) is 5.60 Å². The minimum Gasteiger partial charge on any atom is -0.387 e. The maximum atomic E-state index is 11.9. The average Bonchev–Trinajstić information content (AvgIpc) is 2.92. The summed E-state index contributed by atoms with van der Waals surface area (Å²) in [7, 11) is 0. The van der Waals surface area contributed by atoms with Crippen LogP contribution in [-0.2, 0) is 0 Å². The molecule has 21 heavy (non-hydrogen) atoms. The van der Waals surface area contributed by atoms with Gasteiger partial charge in [-0.25, -0.2) is 4.79 Å². The molecule has 2 aromatic rings. The summed E-state index contributed by atoms with van der Waals surface area (Å²) < 4.78 is 0. The van der Waals surface area contributed by atoms with Crippen molar-refractivity contribution in [3.8, 4) is 0 Å². The summed E-state index contributed by atoms with van der Waals surface area (Å²) in [4.78, 5) is 11.9. The molecule has 0 aliphatic carbocycles. The molecular formula is C16H19N3O2. The minimum absolute atomic E-state index is 0.249. The smallest absolute Gasteiger partial charge is 0.319 e. The molecule has 1 aliphatic heterocycles. The number of anilines is 1. The highest BCUT2D eigenvalue weighted by atomic mass is 16.3. The van der Waals surface area contributed by atoms with Crippen LogP contribution in [0.3, 0.4) is 0 Å². The molecule has 3 rings (SSSR count). The predicted octanol–water partition coefficient (Wildman–Crippen LogP) is 1.69. The fourth-order valence-corrected chi connectivity index (χ4v) is 2.57. The number of carbonyl (C=O) groups is 1. The lowest BCUT2D eigenvalue weighted by molar-refractivity contribution is 0.0640. The average molecular weight is 285 g/mol. The van der Waals surface area contributed by atoms with Gasteiger partial charge in [0.15, 0.2) is 0 Å². The van der Waals surface area contributed by atoms with Crippen LogP contribution in [0.15, 0.2) is 42.5 Å². The Hall–Kier alpha value is -2.11. The third kappa shape index (κ3) is 3.32. The van der Waals surface area contributed by atoms with Gasteiger partial charge in [-0.3, -0.25) is 0 Å². The molecule has 1 fully saturated rings. The summed E-state index contributed by atoms with van der Waals surface area (Å²) in [5, 5.41) is 21.0. The number of benzene rings is 2. The van der Waals surface area contributed by atoms with Crippen molar-refractivity contribution in [1.29, 1.82) is 0 Å². The molecule has 1 aliphatic rings. The summed E-state index contributed by atoms with van der Waals surface area (Å²) in [6.45, 7) is 1.55. The molecule has 1 saturated heterocycles. The second-order valence-corrected chi connectivity index (χ2v) is 5.52. The van der Waals surface area contributed by atoms with E-state index in [0.717, 1.165) is 23.0 Å². The number of aliphatic hydroxyl groups is 1. The number of amides is 2. The lowest BCUT2D eigenvalue weighted by atomic mass is 10.0. The van der Waals surface area contributed by atoms with E-state index in [1.165, 1.54) is 0 Å². The molecular weight excluding hydrogens is 266 g/mol. The van der Waals surface area contributed by atoms with Crippen LogP contribution >= 0.6 is 0 Å². The van der Waals surface area contributed by atoms with Crippen LogP contribution in [0.4, 0.5) is 10.5 Å². The van der Waals surface area contributed by atoms with Crippen LogP contribution in [0.1, 0.15) is 6.42 Å². The van der Waals surface area contributed by atoms with Crippen molar-refractivity contribution in [1.82, 2.24) is 10.6 Å². The Bertz CT molecular complexity index is 651. The van der Waals surface area contributed by atoms with Gasteiger partial charge in [0.1, 0.15) is 0 Å². The molecule has 0 aromatic heterocycles. The normalized spacial score (nSPS) is 21.4. The molecule has 5 heteroatoms. The van der Waals surface area contributed by atoms with E-state index >= 15 is 0 Å². The summed E-state index contributed by atoms with van der Waals surface area (Å²) in [5.74, 6) is 0. The zero-order valence-electron chi connectivity index (χ0n) is 11.7. The van der Waals surface area contributed by atoms with Crippen molar-refractivity contribution in [3.63, 3.8) is 0 Å². The van der Waals surface area contributed by atoms with E-state index in [1.807, 2.05) is 42.5 Å². The molecule has 1 heterocycles. The number of hydrogen-bond acceptors (Lipinski definition) is 3. The molecule has 0 unspecified atom stereocenters. The lowest BCUT2D eigenvalue weighted by Crippen LogP contribution is -2.45. The van der Waals surface area contributed by atoms with E-state index in [-0.39, 0.29) is 12.6 Å². The molecule has 110 valence electrons. The Labute approximate surface area is 123 Å². The van der Waals surface area contributed by atoms with Crippen molar-refractivity contribution < 1.29 is 9.90 Å². The second-order valence-electron chi connectivity index (χ2n) is 5.52. The number of urea groups is 1. The van der Waals surface area contributed by atoms with E-state index in [0.29, 0.717) is 13.0 Å². The summed E-state index contributed by atoms with van der Waals surface area (Å²) >= 11 is 0. The van der Waals surface area contributed by atoms with Crippen LogP contribution in [0, 0.1) is 0 Å². The van der Waals surface area contributed by atoms with Gasteiger partial charge in [-0.15, -0.1) is 0 Å². The number of hydrogen-bond donors (Lipinski definition) is 4. The Morgan fingerprint density at radius 1 is 1.24 bits per heavy atom. The predicted molar refractivity (Wildman–Crippen MR) is 83.4 cm³/mol. The van der Waals surface area contributed by atoms with Gasteiger partial charge in [-0.2, -0.15) is 0 Å². The van der Waals surface area contributed by atoms with E-state index in [2.05, 4.69) is 16.0 Å². The minimum atomic E-state index is -0.833. The number of fused-ring (bicyclic) bond motifs is 1. The number of carbonyl (C=O) groups excluding carboxylic acids is 1. The first kappa shape index (κ1) is 13.9. The number of nitrogens with one attached hydrogen (secondary N) is 3. The van der Waals surface area contributed by atoms with Gasteiger partial charge in [0, 0.05) is 18.8 Å². The topological polar surface area (TPSA) is 73.4 Å².